The van der Waals surface area contributed by atoms with E-state index in [4.69, 9.17) is 0 Å². The summed E-state index contributed by atoms with van der Waals surface area (Å²) in [5, 5.41) is 0. The molecule has 2 aliphatic heterocycles. The second-order valence-corrected chi connectivity index (χ2v) is 8.25. The Balaban J connectivity index is 0.00000100. The minimum Gasteiger partial charge on any atom is -0.386 e. The van der Waals surface area contributed by atoms with Crippen LogP contribution in [0, 0.1) is 0 Å². The molecule has 2 heterocycles. The molecule has 3 nitrogen and oxygen atoms in total. The second-order valence-electron chi connectivity index (χ2n) is 8.25. The van der Waals surface area contributed by atoms with Crippen molar-refractivity contribution in [1.29, 1.82) is 0 Å². The van der Waals surface area contributed by atoms with E-state index in [9.17, 15) is 0 Å². The molecule has 3 rings (SSSR count). The zero-order valence-corrected chi connectivity index (χ0v) is 21.1. The van der Waals surface area contributed by atoms with Gasteiger partial charge in [0.15, 0.2) is 0 Å². The van der Waals surface area contributed by atoms with Crippen molar-refractivity contribution in [3.63, 3.8) is 0 Å². The van der Waals surface area contributed by atoms with Crippen LogP contribution in [0.2, 0.25) is 13.6 Å². The zero-order chi connectivity index (χ0) is 22.8. The first-order valence-electron chi connectivity index (χ1n) is 11.7. The lowest BCUT2D eigenvalue weighted by Crippen LogP contribution is -2.74. The summed E-state index contributed by atoms with van der Waals surface area (Å²) in [6, 6.07) is 8.98. The van der Waals surface area contributed by atoms with Crippen LogP contribution in [0.15, 0.2) is 37.4 Å². The summed E-state index contributed by atoms with van der Waals surface area (Å²) >= 11 is 0. The minimum absolute atomic E-state index is 0.157. The molecule has 0 aromatic heterocycles. The van der Waals surface area contributed by atoms with Gasteiger partial charge < -0.3 is 14.3 Å². The number of para-hydroxylation sites is 1. The maximum Gasteiger partial charge on any atom is 0.330 e. The minimum atomic E-state index is 0.157. The highest BCUT2D eigenvalue weighted by atomic mass is 15.4. The lowest BCUT2D eigenvalue weighted by molar-refractivity contribution is 0.253. The van der Waals surface area contributed by atoms with Gasteiger partial charge in [0.05, 0.1) is 6.17 Å². The Morgan fingerprint density at radius 1 is 1.00 bits per heavy atom. The topological polar surface area (TPSA) is 9.72 Å². The van der Waals surface area contributed by atoms with Crippen LogP contribution in [0.4, 0.5) is 5.69 Å². The SMILES string of the molecule is C=C.CC.CCC.CCCCN1B(C)N(C)C2N(B1C)c1ccccc1C2(C)C. The largest absolute Gasteiger partial charge is 0.386 e. The molecule has 0 N–H and O–H groups in total. The van der Waals surface area contributed by atoms with Crippen molar-refractivity contribution in [3.05, 3.63) is 43.0 Å². The van der Waals surface area contributed by atoms with E-state index in [1.165, 1.54) is 37.1 Å². The van der Waals surface area contributed by atoms with Gasteiger partial charge in [0, 0.05) is 11.1 Å². The van der Waals surface area contributed by atoms with Crippen LogP contribution >= 0.6 is 0 Å². The summed E-state index contributed by atoms with van der Waals surface area (Å²) in [5.74, 6) is 0. The summed E-state index contributed by atoms with van der Waals surface area (Å²) in [7, 11) is 2.29. The lowest BCUT2D eigenvalue weighted by Gasteiger charge is -2.54. The first kappa shape index (κ1) is 27.8. The van der Waals surface area contributed by atoms with Gasteiger partial charge in [0.1, 0.15) is 0 Å². The van der Waals surface area contributed by atoms with Crippen molar-refractivity contribution < 1.29 is 0 Å². The molecule has 1 atom stereocenters. The number of likely N-dealkylation sites (N-methyl/N-ethyl adjacent to an activating group) is 1. The van der Waals surface area contributed by atoms with E-state index in [1.54, 1.807) is 0 Å². The van der Waals surface area contributed by atoms with Crippen molar-refractivity contribution in [2.75, 3.05) is 18.4 Å². The number of hydrogen-bond donors (Lipinski definition) is 0. The fourth-order valence-corrected chi connectivity index (χ4v) is 4.60. The molecule has 29 heavy (non-hydrogen) atoms. The molecule has 1 aromatic rings. The molecule has 0 spiro atoms. The van der Waals surface area contributed by atoms with Crippen LogP contribution in [0.1, 0.15) is 73.3 Å². The smallest absolute Gasteiger partial charge is 0.330 e. The molecular formula is C24H47B2N3. The van der Waals surface area contributed by atoms with Crippen molar-refractivity contribution in [3.8, 4) is 0 Å². The molecule has 0 aliphatic carbocycles. The highest BCUT2D eigenvalue weighted by Crippen LogP contribution is 2.48. The molecule has 0 amide bonds. The average Bonchev–Trinajstić information content (AvgIpc) is 2.98. The molecule has 0 saturated carbocycles. The number of benzene rings is 1. The molecule has 1 aromatic carbocycles. The fraction of sp³-hybridized carbons (Fsp3) is 0.667. The van der Waals surface area contributed by atoms with E-state index in [2.05, 4.69) is 107 Å². The molecule has 164 valence electrons. The highest BCUT2D eigenvalue weighted by Gasteiger charge is 2.55. The third-order valence-corrected chi connectivity index (χ3v) is 5.89. The van der Waals surface area contributed by atoms with Gasteiger partial charge in [0.2, 0.25) is 0 Å². The molecule has 1 saturated heterocycles. The normalized spacial score (nSPS) is 19.7. The Morgan fingerprint density at radius 2 is 1.52 bits per heavy atom. The predicted octanol–water partition coefficient (Wildman–Crippen LogP) is 6.64. The van der Waals surface area contributed by atoms with E-state index in [-0.39, 0.29) is 5.41 Å². The summed E-state index contributed by atoms with van der Waals surface area (Å²) in [5.41, 5.74) is 3.07. The Bertz CT molecular complexity index is 579. The standard InChI is InChI=1S/C17H29B2N3.C3H8.C2H6.C2H4/c1-7-8-13-21-18(4)20(6)16-17(2,3)14-11-9-10-12-15(14)22(16)19(21)5;1-3-2;2*1-2/h9-12,16H,7-8,13H2,1-6H3;3H2,1-2H3;1-2H3;1-2H2. The van der Waals surface area contributed by atoms with Crippen LogP contribution < -0.4 is 4.81 Å². The van der Waals surface area contributed by atoms with Crippen molar-refractivity contribution >= 4 is 19.7 Å². The van der Waals surface area contributed by atoms with E-state index >= 15 is 0 Å². The number of hydrogen-bond acceptors (Lipinski definition) is 3. The number of nitrogens with zero attached hydrogens (tertiary/aromatic N) is 3. The molecule has 5 heteroatoms. The van der Waals surface area contributed by atoms with Crippen LogP contribution in [-0.2, 0) is 5.41 Å². The lowest BCUT2D eigenvalue weighted by atomic mass is 9.55. The van der Waals surface area contributed by atoms with Gasteiger partial charge in [-0.1, -0.05) is 93.2 Å². The molecular weight excluding hydrogens is 352 g/mol. The zero-order valence-electron chi connectivity index (χ0n) is 21.1. The Labute approximate surface area is 183 Å². The monoisotopic (exact) mass is 399 g/mol. The summed E-state index contributed by atoms with van der Waals surface area (Å²) in [6.45, 7) is 28.2. The summed E-state index contributed by atoms with van der Waals surface area (Å²) < 4.78 is 2.65. The quantitative estimate of drug-likeness (QED) is 0.417. The summed E-state index contributed by atoms with van der Waals surface area (Å²) in [6.07, 6.45) is 4.21. The van der Waals surface area contributed by atoms with Gasteiger partial charge in [-0.25, -0.2) is 0 Å². The first-order chi connectivity index (χ1) is 13.8. The average molecular weight is 399 g/mol. The van der Waals surface area contributed by atoms with Crippen molar-refractivity contribution in [1.82, 2.24) is 9.53 Å². The summed E-state index contributed by atoms with van der Waals surface area (Å²) in [4.78, 5) is 5.21. The first-order valence-corrected chi connectivity index (χ1v) is 11.7. The number of fused-ring (bicyclic) bond motifs is 3. The third kappa shape index (κ3) is 5.70. The molecule has 1 fully saturated rings. The molecule has 0 radical (unpaired) electrons. The van der Waals surface area contributed by atoms with E-state index in [0.29, 0.717) is 20.1 Å². The van der Waals surface area contributed by atoms with Crippen LogP contribution in [0.5, 0.6) is 0 Å². The van der Waals surface area contributed by atoms with Gasteiger partial charge in [-0.05, 0) is 31.6 Å². The second kappa shape index (κ2) is 13.2. The maximum atomic E-state index is 3.00. The van der Waals surface area contributed by atoms with E-state index < -0.39 is 0 Å². The number of anilines is 1. The number of rotatable bonds is 3. The molecule has 1 unspecified atom stereocenters. The van der Waals surface area contributed by atoms with Crippen LogP contribution in [0.3, 0.4) is 0 Å². The molecule has 0 bridgehead atoms. The van der Waals surface area contributed by atoms with Gasteiger partial charge in [-0.2, -0.15) is 0 Å². The Kier molecular flexibility index (Phi) is 12.6. The van der Waals surface area contributed by atoms with Gasteiger partial charge in [-0.3, -0.25) is 0 Å². The highest BCUT2D eigenvalue weighted by molar-refractivity contribution is 6.74. The molecule has 2 aliphatic rings. The Morgan fingerprint density at radius 3 is 2.03 bits per heavy atom. The van der Waals surface area contributed by atoms with Crippen molar-refractivity contribution in [2.24, 2.45) is 0 Å². The maximum absolute atomic E-state index is 3.00. The van der Waals surface area contributed by atoms with Crippen LogP contribution in [0.25, 0.3) is 0 Å². The van der Waals surface area contributed by atoms with E-state index in [0.717, 1.165) is 0 Å². The van der Waals surface area contributed by atoms with Gasteiger partial charge in [0.25, 0.3) is 6.98 Å². The third-order valence-electron chi connectivity index (χ3n) is 5.89. The number of unbranched alkanes of at least 4 members (excludes halogenated alkanes) is 1. The predicted molar refractivity (Wildman–Crippen MR) is 137 cm³/mol. The van der Waals surface area contributed by atoms with Gasteiger partial charge >= 0.3 is 6.98 Å². The fourth-order valence-electron chi connectivity index (χ4n) is 4.60. The Hall–Kier alpha value is -1.19. The van der Waals surface area contributed by atoms with E-state index in [1.807, 2.05) is 13.8 Å². The van der Waals surface area contributed by atoms with Crippen LogP contribution in [-0.4, -0.2) is 43.3 Å². The van der Waals surface area contributed by atoms with Gasteiger partial charge in [-0.15, -0.1) is 13.2 Å². The van der Waals surface area contributed by atoms with Crippen molar-refractivity contribution in [2.45, 2.75) is 93.0 Å².